The number of aromatic nitrogens is 1. The number of piperidine rings is 1. The number of rotatable bonds is 4. The Labute approximate surface area is 189 Å². The van der Waals surface area contributed by atoms with Crippen molar-refractivity contribution in [1.29, 1.82) is 0 Å². The summed E-state index contributed by atoms with van der Waals surface area (Å²) in [5, 5.41) is 1.95. The van der Waals surface area contributed by atoms with E-state index in [1.807, 2.05) is 12.1 Å². The molecule has 1 aromatic heterocycles. The van der Waals surface area contributed by atoms with Gasteiger partial charge in [-0.2, -0.15) is 0 Å². The number of hydrogen-bond acceptors (Lipinski definition) is 3. The number of pyridine rings is 1. The van der Waals surface area contributed by atoms with Crippen molar-refractivity contribution in [2.45, 2.75) is 37.5 Å². The van der Waals surface area contributed by atoms with E-state index in [0.717, 1.165) is 35.0 Å². The molecule has 160 valence electrons. The molecular formula is C27H29ClN2O. The first kappa shape index (κ1) is 19.6. The quantitative estimate of drug-likeness (QED) is 0.531. The molecule has 0 spiro atoms. The molecular weight excluding hydrogens is 404 g/mol. The molecule has 3 nitrogen and oxygen atoms in total. The van der Waals surface area contributed by atoms with Gasteiger partial charge in [0.15, 0.2) is 0 Å². The lowest BCUT2D eigenvalue weighted by molar-refractivity contribution is 0.0777. The molecule has 0 unspecified atom stereocenters. The zero-order valence-electron chi connectivity index (χ0n) is 18.1. The fourth-order valence-corrected chi connectivity index (χ4v) is 6.16. The standard InChI is InChI=1S/C27H29ClN2O/c1-31-24-4-2-3-21(13-24)27-9-10-30(16-18-5-6-18)17-22(27)12-20-11-19-7-8-23(28)14-25(19)29-26(20)15-27/h2-4,7-8,11,13-14,18,22H,5-6,9-10,12,15-17H2,1H3/t22-,27-/m0/s1. The maximum atomic E-state index is 6.27. The zero-order valence-corrected chi connectivity index (χ0v) is 18.9. The van der Waals surface area contributed by atoms with Gasteiger partial charge in [-0.15, -0.1) is 0 Å². The summed E-state index contributed by atoms with van der Waals surface area (Å²) in [6, 6.07) is 17.2. The van der Waals surface area contributed by atoms with E-state index >= 15 is 0 Å². The first-order valence-corrected chi connectivity index (χ1v) is 12.0. The molecule has 31 heavy (non-hydrogen) atoms. The third-order valence-electron chi connectivity index (χ3n) is 7.89. The van der Waals surface area contributed by atoms with Crippen LogP contribution in [0, 0.1) is 11.8 Å². The Balaban J connectivity index is 1.43. The van der Waals surface area contributed by atoms with E-state index in [2.05, 4.69) is 41.3 Å². The van der Waals surface area contributed by atoms with Crippen LogP contribution in [0.4, 0.5) is 0 Å². The number of methoxy groups -OCH3 is 1. The Hall–Kier alpha value is -2.10. The average molecular weight is 433 g/mol. The van der Waals surface area contributed by atoms with Crippen LogP contribution >= 0.6 is 11.6 Å². The minimum atomic E-state index is 0.126. The molecule has 0 N–H and O–H groups in total. The predicted molar refractivity (Wildman–Crippen MR) is 126 cm³/mol. The van der Waals surface area contributed by atoms with Crippen LogP contribution in [0.25, 0.3) is 10.9 Å². The van der Waals surface area contributed by atoms with Gasteiger partial charge in [-0.1, -0.05) is 29.8 Å². The fourth-order valence-electron chi connectivity index (χ4n) is 6.00. The lowest BCUT2D eigenvalue weighted by atomic mass is 9.58. The Morgan fingerprint density at radius 1 is 1.16 bits per heavy atom. The summed E-state index contributed by atoms with van der Waals surface area (Å²) in [6.45, 7) is 3.65. The third-order valence-corrected chi connectivity index (χ3v) is 8.12. The molecule has 3 aromatic rings. The highest BCUT2D eigenvalue weighted by molar-refractivity contribution is 6.31. The molecule has 0 radical (unpaired) electrons. The van der Waals surface area contributed by atoms with Crippen molar-refractivity contribution in [1.82, 2.24) is 9.88 Å². The molecule has 1 aliphatic heterocycles. The summed E-state index contributed by atoms with van der Waals surface area (Å²) in [6.07, 6.45) is 6.12. The molecule has 2 aromatic carbocycles. The highest BCUT2D eigenvalue weighted by atomic mass is 35.5. The van der Waals surface area contributed by atoms with Gasteiger partial charge in [-0.25, -0.2) is 0 Å². The second kappa shape index (κ2) is 7.50. The smallest absolute Gasteiger partial charge is 0.119 e. The largest absolute Gasteiger partial charge is 0.497 e. The van der Waals surface area contributed by atoms with Gasteiger partial charge in [-0.05, 0) is 85.5 Å². The van der Waals surface area contributed by atoms with Gasteiger partial charge in [0.1, 0.15) is 5.75 Å². The zero-order chi connectivity index (χ0) is 21.0. The van der Waals surface area contributed by atoms with Crippen molar-refractivity contribution < 1.29 is 4.74 Å². The van der Waals surface area contributed by atoms with Gasteiger partial charge in [0.2, 0.25) is 0 Å². The number of ether oxygens (including phenoxy) is 1. The summed E-state index contributed by atoms with van der Waals surface area (Å²) in [4.78, 5) is 7.86. The van der Waals surface area contributed by atoms with Crippen molar-refractivity contribution >= 4 is 22.5 Å². The first-order valence-electron chi connectivity index (χ1n) is 11.6. The minimum absolute atomic E-state index is 0.126. The molecule has 2 fully saturated rings. The Kier molecular flexibility index (Phi) is 4.73. The van der Waals surface area contributed by atoms with Crippen LogP contribution in [0.2, 0.25) is 5.02 Å². The van der Waals surface area contributed by atoms with Crippen molar-refractivity contribution in [2.24, 2.45) is 11.8 Å². The molecule has 0 amide bonds. The minimum Gasteiger partial charge on any atom is -0.497 e. The molecule has 1 saturated heterocycles. The van der Waals surface area contributed by atoms with Crippen LogP contribution in [0.3, 0.4) is 0 Å². The van der Waals surface area contributed by atoms with Gasteiger partial charge in [0.05, 0.1) is 12.6 Å². The van der Waals surface area contributed by atoms with Gasteiger partial charge >= 0.3 is 0 Å². The Morgan fingerprint density at radius 3 is 2.90 bits per heavy atom. The van der Waals surface area contributed by atoms with Gasteiger partial charge in [0.25, 0.3) is 0 Å². The number of benzene rings is 2. The summed E-state index contributed by atoms with van der Waals surface area (Å²) in [5.41, 5.74) is 5.23. The van der Waals surface area contributed by atoms with E-state index < -0.39 is 0 Å². The van der Waals surface area contributed by atoms with Crippen molar-refractivity contribution in [2.75, 3.05) is 26.7 Å². The van der Waals surface area contributed by atoms with E-state index in [0.29, 0.717) is 5.92 Å². The molecule has 3 aliphatic rings. The molecule has 2 heterocycles. The summed E-state index contributed by atoms with van der Waals surface area (Å²) in [5.74, 6) is 2.50. The molecule has 4 heteroatoms. The van der Waals surface area contributed by atoms with Gasteiger partial charge < -0.3 is 9.64 Å². The molecule has 1 saturated carbocycles. The fraction of sp³-hybridized carbons (Fsp3) is 0.444. The van der Waals surface area contributed by atoms with Crippen LogP contribution in [-0.2, 0) is 18.3 Å². The normalized spacial score (nSPS) is 25.8. The first-order chi connectivity index (χ1) is 15.1. The predicted octanol–water partition coefficient (Wildman–Crippen LogP) is 5.67. The molecule has 0 bridgehead atoms. The van der Waals surface area contributed by atoms with Crippen LogP contribution in [0.5, 0.6) is 5.75 Å². The van der Waals surface area contributed by atoms with Crippen molar-refractivity contribution in [3.8, 4) is 5.75 Å². The monoisotopic (exact) mass is 432 g/mol. The third kappa shape index (κ3) is 3.52. The number of halogens is 1. The van der Waals surface area contributed by atoms with Crippen molar-refractivity contribution in [3.63, 3.8) is 0 Å². The van der Waals surface area contributed by atoms with Crippen LogP contribution in [-0.4, -0.2) is 36.6 Å². The molecule has 2 aliphatic carbocycles. The lowest BCUT2D eigenvalue weighted by Gasteiger charge is -2.51. The number of likely N-dealkylation sites (tertiary alicyclic amines) is 1. The van der Waals surface area contributed by atoms with Crippen LogP contribution in [0.15, 0.2) is 48.5 Å². The van der Waals surface area contributed by atoms with E-state index in [4.69, 9.17) is 21.3 Å². The lowest BCUT2D eigenvalue weighted by Crippen LogP contribution is -2.54. The SMILES string of the molecule is COc1cccc([C@@]23CCN(CC4CC4)C[C@@H]2Cc2cc4ccc(Cl)cc4nc2C3)c1. The molecule has 6 rings (SSSR count). The average Bonchev–Trinajstić information content (AvgIpc) is 3.60. The van der Waals surface area contributed by atoms with Crippen LogP contribution in [0.1, 0.15) is 36.1 Å². The summed E-state index contributed by atoms with van der Waals surface area (Å²) >= 11 is 6.27. The summed E-state index contributed by atoms with van der Waals surface area (Å²) < 4.78 is 5.60. The van der Waals surface area contributed by atoms with E-state index in [-0.39, 0.29) is 5.41 Å². The Morgan fingerprint density at radius 2 is 2.06 bits per heavy atom. The van der Waals surface area contributed by atoms with E-state index in [9.17, 15) is 0 Å². The maximum Gasteiger partial charge on any atom is 0.119 e. The number of hydrogen-bond donors (Lipinski definition) is 0. The maximum absolute atomic E-state index is 6.27. The van der Waals surface area contributed by atoms with E-state index in [1.54, 1.807) is 7.11 Å². The highest BCUT2D eigenvalue weighted by Gasteiger charge is 2.48. The van der Waals surface area contributed by atoms with Crippen molar-refractivity contribution in [3.05, 3.63) is 70.4 Å². The topological polar surface area (TPSA) is 25.4 Å². The van der Waals surface area contributed by atoms with Gasteiger partial charge in [-0.3, -0.25) is 4.98 Å². The summed E-state index contributed by atoms with van der Waals surface area (Å²) in [7, 11) is 1.76. The number of nitrogens with zero attached hydrogens (tertiary/aromatic N) is 2. The Bertz CT molecular complexity index is 1140. The van der Waals surface area contributed by atoms with E-state index in [1.165, 1.54) is 61.1 Å². The molecule has 2 atom stereocenters. The highest BCUT2D eigenvalue weighted by Crippen LogP contribution is 2.49. The van der Waals surface area contributed by atoms with Crippen LogP contribution < -0.4 is 4.74 Å². The number of fused-ring (bicyclic) bond motifs is 3. The second-order valence-corrected chi connectivity index (χ2v) is 10.3. The van der Waals surface area contributed by atoms with Gasteiger partial charge in [0, 0.05) is 41.0 Å². The second-order valence-electron chi connectivity index (χ2n) is 9.85.